The highest BCUT2D eigenvalue weighted by molar-refractivity contribution is 5.95. The van der Waals surface area contributed by atoms with E-state index in [-0.39, 0.29) is 25.0 Å². The average molecular weight is 235 g/mol. The van der Waals surface area contributed by atoms with Crippen LogP contribution in [-0.4, -0.2) is 24.2 Å². The first kappa shape index (κ1) is 11.9. The summed E-state index contributed by atoms with van der Waals surface area (Å²) >= 11 is 0. The molecule has 1 atom stereocenters. The highest BCUT2D eigenvalue weighted by Gasteiger charge is 2.20. The fourth-order valence-corrected chi connectivity index (χ4v) is 2.02. The molecule has 1 aliphatic rings. The fraction of sp³-hybridized carbons (Fsp3) is 0.462. The summed E-state index contributed by atoms with van der Waals surface area (Å²) in [5, 5.41) is 12.1. The maximum atomic E-state index is 11.1. The second kappa shape index (κ2) is 4.75. The van der Waals surface area contributed by atoms with Crippen molar-refractivity contribution in [3.8, 4) is 5.75 Å². The van der Waals surface area contributed by atoms with Gasteiger partial charge in [-0.2, -0.15) is 0 Å². The molecule has 4 nitrogen and oxygen atoms in total. The standard InChI is InChI=1S/C13H17NO3/c1-8(2)10(6-15)9-3-4-11-12(5-9)17-7-13(16)14-11/h3-5,8,10,15H,6-7H2,1-2H3,(H,14,16). The summed E-state index contributed by atoms with van der Waals surface area (Å²) in [5.74, 6) is 1.01. The number of nitrogens with one attached hydrogen (secondary N) is 1. The van der Waals surface area contributed by atoms with E-state index < -0.39 is 0 Å². The third-order valence-electron chi connectivity index (χ3n) is 3.07. The van der Waals surface area contributed by atoms with Crippen LogP contribution in [0.5, 0.6) is 5.75 Å². The molecule has 92 valence electrons. The molecule has 1 aromatic carbocycles. The Morgan fingerprint density at radius 1 is 1.47 bits per heavy atom. The summed E-state index contributed by atoms with van der Waals surface area (Å²) < 4.78 is 5.36. The minimum Gasteiger partial charge on any atom is -0.482 e. The quantitative estimate of drug-likeness (QED) is 0.839. The van der Waals surface area contributed by atoms with Crippen LogP contribution in [-0.2, 0) is 4.79 Å². The zero-order valence-electron chi connectivity index (χ0n) is 10.1. The van der Waals surface area contributed by atoms with E-state index in [1.807, 2.05) is 18.2 Å². The van der Waals surface area contributed by atoms with Crippen molar-refractivity contribution in [1.29, 1.82) is 0 Å². The van der Waals surface area contributed by atoms with Crippen LogP contribution < -0.4 is 10.1 Å². The maximum absolute atomic E-state index is 11.1. The Labute approximate surface area is 101 Å². The number of carbonyl (C=O) groups excluding carboxylic acids is 1. The van der Waals surface area contributed by atoms with Gasteiger partial charge < -0.3 is 15.2 Å². The molecule has 2 rings (SSSR count). The first-order chi connectivity index (χ1) is 8.11. The minimum atomic E-state index is -0.132. The molecule has 0 aliphatic carbocycles. The van der Waals surface area contributed by atoms with Crippen molar-refractivity contribution in [2.24, 2.45) is 5.92 Å². The average Bonchev–Trinajstić information content (AvgIpc) is 2.29. The maximum Gasteiger partial charge on any atom is 0.262 e. The van der Waals surface area contributed by atoms with Crippen LogP contribution in [0.4, 0.5) is 5.69 Å². The van der Waals surface area contributed by atoms with Gasteiger partial charge in [-0.05, 0) is 23.6 Å². The van der Waals surface area contributed by atoms with Crippen molar-refractivity contribution in [2.75, 3.05) is 18.5 Å². The molecule has 0 radical (unpaired) electrons. The Kier molecular flexibility index (Phi) is 3.33. The molecule has 1 aliphatic heterocycles. The second-order valence-electron chi connectivity index (χ2n) is 4.63. The number of anilines is 1. The number of hydrogen-bond acceptors (Lipinski definition) is 3. The van der Waals surface area contributed by atoms with Gasteiger partial charge in [0.25, 0.3) is 5.91 Å². The Bertz CT molecular complexity index is 429. The Hall–Kier alpha value is -1.55. The first-order valence-electron chi connectivity index (χ1n) is 5.79. The van der Waals surface area contributed by atoms with Crippen LogP contribution >= 0.6 is 0 Å². The molecule has 0 aromatic heterocycles. The highest BCUT2D eigenvalue weighted by Crippen LogP contribution is 2.33. The van der Waals surface area contributed by atoms with Gasteiger partial charge in [-0.1, -0.05) is 19.9 Å². The number of fused-ring (bicyclic) bond motifs is 1. The molecular formula is C13H17NO3. The van der Waals surface area contributed by atoms with E-state index in [9.17, 15) is 9.90 Å². The van der Waals surface area contributed by atoms with Crippen molar-refractivity contribution in [3.63, 3.8) is 0 Å². The van der Waals surface area contributed by atoms with Crippen LogP contribution in [0, 0.1) is 5.92 Å². The molecule has 0 spiro atoms. The number of amides is 1. The molecule has 17 heavy (non-hydrogen) atoms. The number of aliphatic hydroxyl groups is 1. The number of carbonyl (C=O) groups is 1. The molecule has 0 saturated carbocycles. The van der Waals surface area contributed by atoms with E-state index in [0.29, 0.717) is 17.4 Å². The molecule has 1 amide bonds. The smallest absolute Gasteiger partial charge is 0.262 e. The third kappa shape index (κ3) is 2.42. The zero-order chi connectivity index (χ0) is 12.4. The lowest BCUT2D eigenvalue weighted by Gasteiger charge is -2.23. The normalized spacial score (nSPS) is 16.1. The van der Waals surface area contributed by atoms with Crippen LogP contribution in [0.15, 0.2) is 18.2 Å². The zero-order valence-corrected chi connectivity index (χ0v) is 10.1. The lowest BCUT2D eigenvalue weighted by molar-refractivity contribution is -0.118. The van der Waals surface area contributed by atoms with Gasteiger partial charge in [0, 0.05) is 5.92 Å². The summed E-state index contributed by atoms with van der Waals surface area (Å²) in [6.45, 7) is 4.32. The van der Waals surface area contributed by atoms with E-state index in [0.717, 1.165) is 5.56 Å². The topological polar surface area (TPSA) is 58.6 Å². The van der Waals surface area contributed by atoms with Gasteiger partial charge in [-0.25, -0.2) is 0 Å². The molecular weight excluding hydrogens is 218 g/mol. The predicted octanol–water partition coefficient (Wildman–Crippen LogP) is 1.75. The molecule has 4 heteroatoms. The lowest BCUT2D eigenvalue weighted by atomic mass is 9.89. The van der Waals surface area contributed by atoms with Gasteiger partial charge in [0.05, 0.1) is 12.3 Å². The number of benzene rings is 1. The Morgan fingerprint density at radius 2 is 2.24 bits per heavy atom. The van der Waals surface area contributed by atoms with E-state index in [2.05, 4.69) is 19.2 Å². The Morgan fingerprint density at radius 3 is 2.88 bits per heavy atom. The molecule has 1 aromatic rings. The van der Waals surface area contributed by atoms with Gasteiger partial charge in [-0.3, -0.25) is 4.79 Å². The summed E-state index contributed by atoms with van der Waals surface area (Å²) in [6.07, 6.45) is 0. The van der Waals surface area contributed by atoms with Gasteiger partial charge in [0.2, 0.25) is 0 Å². The fourth-order valence-electron chi connectivity index (χ4n) is 2.02. The molecule has 0 fully saturated rings. The first-order valence-corrected chi connectivity index (χ1v) is 5.79. The van der Waals surface area contributed by atoms with Crippen LogP contribution in [0.25, 0.3) is 0 Å². The van der Waals surface area contributed by atoms with E-state index in [1.165, 1.54) is 0 Å². The van der Waals surface area contributed by atoms with E-state index in [4.69, 9.17) is 4.74 Å². The molecule has 0 saturated heterocycles. The van der Waals surface area contributed by atoms with Crippen molar-refractivity contribution >= 4 is 11.6 Å². The molecule has 2 N–H and O–H groups in total. The third-order valence-corrected chi connectivity index (χ3v) is 3.07. The van der Waals surface area contributed by atoms with Gasteiger partial charge in [-0.15, -0.1) is 0 Å². The number of ether oxygens (including phenoxy) is 1. The molecule has 1 unspecified atom stereocenters. The van der Waals surface area contributed by atoms with Gasteiger partial charge in [0.15, 0.2) is 6.61 Å². The van der Waals surface area contributed by atoms with Crippen molar-refractivity contribution in [3.05, 3.63) is 23.8 Å². The summed E-state index contributed by atoms with van der Waals surface area (Å²) in [4.78, 5) is 11.1. The molecule has 1 heterocycles. The van der Waals surface area contributed by atoms with E-state index >= 15 is 0 Å². The minimum absolute atomic E-state index is 0.0575. The summed E-state index contributed by atoms with van der Waals surface area (Å²) in [5.41, 5.74) is 1.74. The largest absolute Gasteiger partial charge is 0.482 e. The van der Waals surface area contributed by atoms with Gasteiger partial charge in [0.1, 0.15) is 5.75 Å². The molecule has 0 bridgehead atoms. The van der Waals surface area contributed by atoms with Crippen LogP contribution in [0.2, 0.25) is 0 Å². The monoisotopic (exact) mass is 235 g/mol. The van der Waals surface area contributed by atoms with E-state index in [1.54, 1.807) is 0 Å². The second-order valence-corrected chi connectivity index (χ2v) is 4.63. The van der Waals surface area contributed by atoms with Crippen LogP contribution in [0.1, 0.15) is 25.3 Å². The van der Waals surface area contributed by atoms with Crippen molar-refractivity contribution in [1.82, 2.24) is 0 Å². The SMILES string of the molecule is CC(C)C(CO)c1ccc2c(c1)OCC(=O)N2. The number of aliphatic hydroxyl groups excluding tert-OH is 1. The van der Waals surface area contributed by atoms with Crippen molar-refractivity contribution in [2.45, 2.75) is 19.8 Å². The summed E-state index contributed by atoms with van der Waals surface area (Å²) in [7, 11) is 0. The Balaban J connectivity index is 2.30. The van der Waals surface area contributed by atoms with Gasteiger partial charge >= 0.3 is 0 Å². The van der Waals surface area contributed by atoms with Crippen molar-refractivity contribution < 1.29 is 14.6 Å². The predicted molar refractivity (Wildman–Crippen MR) is 65.2 cm³/mol. The lowest BCUT2D eigenvalue weighted by Crippen LogP contribution is -2.25. The number of hydrogen-bond donors (Lipinski definition) is 2. The van der Waals surface area contributed by atoms with Crippen LogP contribution in [0.3, 0.4) is 0 Å². The summed E-state index contributed by atoms with van der Waals surface area (Å²) in [6, 6.07) is 5.65. The highest BCUT2D eigenvalue weighted by atomic mass is 16.5. The number of rotatable bonds is 3.